The zero-order valence-electron chi connectivity index (χ0n) is 10.7. The lowest BCUT2D eigenvalue weighted by Gasteiger charge is -2.19. The van der Waals surface area contributed by atoms with E-state index in [9.17, 15) is 4.79 Å². The summed E-state index contributed by atoms with van der Waals surface area (Å²) in [7, 11) is 0. The molecule has 1 saturated heterocycles. The Morgan fingerprint density at radius 1 is 1.44 bits per heavy atom. The summed E-state index contributed by atoms with van der Waals surface area (Å²) in [5, 5.41) is 6.05. The van der Waals surface area contributed by atoms with Crippen LogP contribution < -0.4 is 10.6 Å². The van der Waals surface area contributed by atoms with Gasteiger partial charge in [0.2, 0.25) is 5.91 Å². The molecule has 2 atom stereocenters. The highest BCUT2D eigenvalue weighted by atomic mass is 16.5. The fourth-order valence-corrected chi connectivity index (χ4v) is 2.11. The number of anilines is 1. The molecule has 1 aliphatic heterocycles. The van der Waals surface area contributed by atoms with Crippen LogP contribution in [-0.2, 0) is 9.53 Å². The maximum Gasteiger partial charge on any atom is 0.238 e. The quantitative estimate of drug-likeness (QED) is 0.835. The van der Waals surface area contributed by atoms with Crippen molar-refractivity contribution < 1.29 is 9.53 Å². The summed E-state index contributed by atoms with van der Waals surface area (Å²) < 4.78 is 5.57. The molecule has 1 aromatic carbocycles. The van der Waals surface area contributed by atoms with E-state index in [4.69, 9.17) is 4.74 Å². The van der Waals surface area contributed by atoms with Gasteiger partial charge in [-0.25, -0.2) is 0 Å². The number of ether oxygens (including phenoxy) is 1. The molecule has 2 unspecified atom stereocenters. The minimum absolute atomic E-state index is 0.0222. The molecule has 0 radical (unpaired) electrons. The Morgan fingerprint density at radius 3 is 2.89 bits per heavy atom. The summed E-state index contributed by atoms with van der Waals surface area (Å²) in [6.07, 6.45) is 2.44. The first kappa shape index (κ1) is 13.1. The Hall–Kier alpha value is -1.39. The maximum atomic E-state index is 11.7. The van der Waals surface area contributed by atoms with Crippen LogP contribution in [0, 0.1) is 0 Å². The Labute approximate surface area is 108 Å². The summed E-state index contributed by atoms with van der Waals surface area (Å²) in [5.74, 6) is -0.0222. The van der Waals surface area contributed by atoms with Crippen LogP contribution in [0.15, 0.2) is 30.3 Å². The Kier molecular flexibility index (Phi) is 4.73. The lowest BCUT2D eigenvalue weighted by molar-refractivity contribution is -0.115. The molecule has 1 aromatic rings. The summed E-state index contributed by atoms with van der Waals surface area (Å²) >= 11 is 0. The zero-order valence-corrected chi connectivity index (χ0v) is 10.7. The Morgan fingerprint density at radius 2 is 2.22 bits per heavy atom. The lowest BCUT2D eigenvalue weighted by atomic mass is 10.1. The van der Waals surface area contributed by atoms with E-state index in [0.29, 0.717) is 6.54 Å². The number of benzene rings is 1. The van der Waals surface area contributed by atoms with Crippen molar-refractivity contribution in [2.75, 3.05) is 18.5 Å². The Bertz CT molecular complexity index is 375. The monoisotopic (exact) mass is 248 g/mol. The van der Waals surface area contributed by atoms with Crippen molar-refractivity contribution in [3.63, 3.8) is 0 Å². The van der Waals surface area contributed by atoms with Crippen LogP contribution in [0.2, 0.25) is 0 Å². The van der Waals surface area contributed by atoms with Gasteiger partial charge in [-0.3, -0.25) is 4.79 Å². The molecule has 0 aromatic heterocycles. The number of carbonyl (C=O) groups excluding carboxylic acids is 1. The van der Waals surface area contributed by atoms with Gasteiger partial charge in [0.25, 0.3) is 0 Å². The van der Waals surface area contributed by atoms with Crippen LogP contribution in [0.1, 0.15) is 19.8 Å². The average Bonchev–Trinajstić information content (AvgIpc) is 2.91. The van der Waals surface area contributed by atoms with Gasteiger partial charge in [0.05, 0.1) is 12.6 Å². The summed E-state index contributed by atoms with van der Waals surface area (Å²) in [6.45, 7) is 3.22. The molecular weight excluding hydrogens is 228 g/mol. The van der Waals surface area contributed by atoms with Crippen molar-refractivity contribution in [1.82, 2.24) is 5.32 Å². The molecular formula is C14H20N2O2. The second-order valence-electron chi connectivity index (χ2n) is 4.64. The molecule has 0 bridgehead atoms. The van der Waals surface area contributed by atoms with Gasteiger partial charge in [0.1, 0.15) is 0 Å². The standard InChI is InChI=1S/C14H20N2O2/c1-11(13-8-5-9-18-13)15-10-14(17)16-12-6-3-2-4-7-12/h2-4,6-7,11,13,15H,5,8-10H2,1H3,(H,16,17). The molecule has 1 amide bonds. The van der Waals surface area contributed by atoms with Gasteiger partial charge in [0, 0.05) is 18.3 Å². The van der Waals surface area contributed by atoms with Gasteiger partial charge >= 0.3 is 0 Å². The van der Waals surface area contributed by atoms with Gasteiger partial charge in [-0.15, -0.1) is 0 Å². The van der Waals surface area contributed by atoms with E-state index in [1.165, 1.54) is 0 Å². The van der Waals surface area contributed by atoms with E-state index in [1.54, 1.807) is 0 Å². The molecule has 0 aliphatic carbocycles. The highest BCUT2D eigenvalue weighted by Gasteiger charge is 2.22. The molecule has 4 heteroatoms. The number of rotatable bonds is 5. The fraction of sp³-hybridized carbons (Fsp3) is 0.500. The smallest absolute Gasteiger partial charge is 0.238 e. The van der Waals surface area contributed by atoms with Gasteiger partial charge in [-0.1, -0.05) is 18.2 Å². The fourth-order valence-electron chi connectivity index (χ4n) is 2.11. The molecule has 2 N–H and O–H groups in total. The molecule has 1 aliphatic rings. The highest BCUT2D eigenvalue weighted by molar-refractivity contribution is 5.92. The largest absolute Gasteiger partial charge is 0.377 e. The molecule has 0 spiro atoms. The first-order valence-corrected chi connectivity index (χ1v) is 6.45. The van der Waals surface area contributed by atoms with Gasteiger partial charge in [-0.2, -0.15) is 0 Å². The molecule has 1 heterocycles. The number of para-hydroxylation sites is 1. The van der Waals surface area contributed by atoms with E-state index < -0.39 is 0 Å². The molecule has 0 saturated carbocycles. The van der Waals surface area contributed by atoms with E-state index in [2.05, 4.69) is 17.6 Å². The number of carbonyl (C=O) groups is 1. The molecule has 1 fully saturated rings. The molecule has 4 nitrogen and oxygen atoms in total. The van der Waals surface area contributed by atoms with Crippen LogP contribution in [-0.4, -0.2) is 31.2 Å². The van der Waals surface area contributed by atoms with Crippen LogP contribution in [0.3, 0.4) is 0 Å². The second-order valence-corrected chi connectivity index (χ2v) is 4.64. The number of nitrogens with one attached hydrogen (secondary N) is 2. The van der Waals surface area contributed by atoms with E-state index in [-0.39, 0.29) is 18.1 Å². The van der Waals surface area contributed by atoms with Crippen LogP contribution >= 0.6 is 0 Å². The first-order chi connectivity index (χ1) is 8.75. The van der Waals surface area contributed by atoms with Crippen LogP contribution in [0.4, 0.5) is 5.69 Å². The van der Waals surface area contributed by atoms with Crippen molar-refractivity contribution in [2.24, 2.45) is 0 Å². The van der Waals surface area contributed by atoms with E-state index in [1.807, 2.05) is 30.3 Å². The van der Waals surface area contributed by atoms with Gasteiger partial charge in [-0.05, 0) is 31.9 Å². The van der Waals surface area contributed by atoms with Gasteiger partial charge < -0.3 is 15.4 Å². The summed E-state index contributed by atoms with van der Waals surface area (Å²) in [4.78, 5) is 11.7. The second kappa shape index (κ2) is 6.52. The predicted molar refractivity (Wildman–Crippen MR) is 71.5 cm³/mol. The first-order valence-electron chi connectivity index (χ1n) is 6.45. The Balaban J connectivity index is 1.71. The molecule has 2 rings (SSSR count). The average molecular weight is 248 g/mol. The third-order valence-electron chi connectivity index (χ3n) is 3.16. The van der Waals surface area contributed by atoms with Gasteiger partial charge in [0.15, 0.2) is 0 Å². The summed E-state index contributed by atoms with van der Waals surface area (Å²) in [5.41, 5.74) is 0.828. The minimum atomic E-state index is -0.0222. The topological polar surface area (TPSA) is 50.4 Å². The maximum absolute atomic E-state index is 11.7. The molecule has 18 heavy (non-hydrogen) atoms. The number of hydrogen-bond acceptors (Lipinski definition) is 3. The highest BCUT2D eigenvalue weighted by Crippen LogP contribution is 2.15. The molecule has 98 valence electrons. The number of hydrogen-bond donors (Lipinski definition) is 2. The third-order valence-corrected chi connectivity index (χ3v) is 3.16. The normalized spacial score (nSPS) is 20.6. The van der Waals surface area contributed by atoms with E-state index in [0.717, 1.165) is 25.1 Å². The lowest BCUT2D eigenvalue weighted by Crippen LogP contribution is -2.41. The zero-order chi connectivity index (χ0) is 12.8. The van der Waals surface area contributed by atoms with Crippen LogP contribution in [0.5, 0.6) is 0 Å². The van der Waals surface area contributed by atoms with Crippen LogP contribution in [0.25, 0.3) is 0 Å². The third kappa shape index (κ3) is 3.82. The summed E-state index contributed by atoms with van der Waals surface area (Å²) in [6, 6.07) is 9.70. The van der Waals surface area contributed by atoms with Crippen molar-refractivity contribution >= 4 is 11.6 Å². The van der Waals surface area contributed by atoms with Crippen molar-refractivity contribution in [3.05, 3.63) is 30.3 Å². The van der Waals surface area contributed by atoms with Crippen molar-refractivity contribution in [1.29, 1.82) is 0 Å². The van der Waals surface area contributed by atoms with Crippen molar-refractivity contribution in [3.8, 4) is 0 Å². The minimum Gasteiger partial charge on any atom is -0.377 e. The van der Waals surface area contributed by atoms with Crippen molar-refractivity contribution in [2.45, 2.75) is 31.9 Å². The SMILES string of the molecule is CC(NCC(=O)Nc1ccccc1)C1CCCO1. The van der Waals surface area contributed by atoms with E-state index >= 15 is 0 Å². The number of amides is 1. The predicted octanol–water partition coefficient (Wildman–Crippen LogP) is 1.78.